The Morgan fingerprint density at radius 3 is 2.44 bits per heavy atom. The Bertz CT molecular complexity index is 905. The van der Waals surface area contributed by atoms with E-state index in [2.05, 4.69) is 0 Å². The number of sulfone groups is 1. The predicted molar refractivity (Wildman–Crippen MR) is 106 cm³/mol. The summed E-state index contributed by atoms with van der Waals surface area (Å²) in [6, 6.07) is 16.7. The van der Waals surface area contributed by atoms with Crippen LogP contribution in [0.15, 0.2) is 60.7 Å². The molecule has 0 bridgehead atoms. The molecular formula is C21H23NO4S. The van der Waals surface area contributed by atoms with Gasteiger partial charge in [0, 0.05) is 18.7 Å². The molecule has 0 spiro atoms. The summed E-state index contributed by atoms with van der Waals surface area (Å²) in [6.07, 6.45) is 3.75. The van der Waals surface area contributed by atoms with Gasteiger partial charge in [-0.05, 0) is 35.8 Å². The first-order valence-electron chi connectivity index (χ1n) is 8.84. The molecule has 0 aromatic heterocycles. The maximum Gasteiger partial charge on any atom is 0.247 e. The molecule has 1 amide bonds. The summed E-state index contributed by atoms with van der Waals surface area (Å²) < 4.78 is 29.0. The zero-order valence-electron chi connectivity index (χ0n) is 15.2. The molecule has 2 aromatic rings. The van der Waals surface area contributed by atoms with Gasteiger partial charge in [0.05, 0.1) is 18.6 Å². The van der Waals surface area contributed by atoms with E-state index in [0.29, 0.717) is 13.0 Å². The van der Waals surface area contributed by atoms with E-state index in [-0.39, 0.29) is 23.5 Å². The minimum absolute atomic E-state index is 0.0219. The third-order valence-corrected chi connectivity index (χ3v) is 6.41. The van der Waals surface area contributed by atoms with E-state index in [9.17, 15) is 13.2 Å². The molecule has 3 rings (SSSR count). The van der Waals surface area contributed by atoms with Crippen LogP contribution in [-0.2, 0) is 21.2 Å². The quantitative estimate of drug-likeness (QED) is 0.717. The molecule has 6 heteroatoms. The van der Waals surface area contributed by atoms with Crippen molar-refractivity contribution in [3.05, 3.63) is 71.8 Å². The van der Waals surface area contributed by atoms with Crippen molar-refractivity contribution in [3.8, 4) is 5.75 Å². The molecular weight excluding hydrogens is 362 g/mol. The van der Waals surface area contributed by atoms with Crippen molar-refractivity contribution in [2.75, 3.05) is 18.6 Å². The molecule has 1 aliphatic heterocycles. The lowest BCUT2D eigenvalue weighted by Gasteiger charge is -2.27. The number of ether oxygens (including phenoxy) is 1. The fraction of sp³-hybridized carbons (Fsp3) is 0.286. The Morgan fingerprint density at radius 1 is 1.15 bits per heavy atom. The Kier molecular flexibility index (Phi) is 5.96. The third kappa shape index (κ3) is 5.20. The van der Waals surface area contributed by atoms with Crippen LogP contribution in [0.1, 0.15) is 17.5 Å². The molecule has 27 heavy (non-hydrogen) atoms. The number of hydrogen-bond donors (Lipinski definition) is 0. The Hall–Kier alpha value is -2.60. The maximum absolute atomic E-state index is 12.9. The van der Waals surface area contributed by atoms with E-state index in [1.807, 2.05) is 54.6 Å². The van der Waals surface area contributed by atoms with Crippen LogP contribution in [0.25, 0.3) is 6.08 Å². The molecule has 1 unspecified atom stereocenters. The minimum atomic E-state index is -3.08. The number of amides is 1. The number of methoxy groups -OCH3 is 1. The van der Waals surface area contributed by atoms with Gasteiger partial charge in [-0.3, -0.25) is 4.79 Å². The average Bonchev–Trinajstić information content (AvgIpc) is 3.05. The van der Waals surface area contributed by atoms with Crippen molar-refractivity contribution in [1.29, 1.82) is 0 Å². The van der Waals surface area contributed by atoms with Crippen molar-refractivity contribution in [2.24, 2.45) is 0 Å². The van der Waals surface area contributed by atoms with Crippen LogP contribution >= 0.6 is 0 Å². The van der Waals surface area contributed by atoms with Crippen molar-refractivity contribution in [1.82, 2.24) is 4.90 Å². The molecule has 0 N–H and O–H groups in total. The zero-order valence-corrected chi connectivity index (χ0v) is 16.1. The molecule has 1 aliphatic rings. The van der Waals surface area contributed by atoms with Crippen LogP contribution < -0.4 is 4.74 Å². The molecule has 1 atom stereocenters. The summed E-state index contributed by atoms with van der Waals surface area (Å²) in [6.45, 7) is 0.363. The smallest absolute Gasteiger partial charge is 0.247 e. The normalized spacial score (nSPS) is 18.5. The lowest BCUT2D eigenvalue weighted by atomic mass is 10.1. The van der Waals surface area contributed by atoms with Crippen LogP contribution in [0.3, 0.4) is 0 Å². The summed E-state index contributed by atoms with van der Waals surface area (Å²) in [5.74, 6) is 0.710. The second-order valence-electron chi connectivity index (χ2n) is 6.62. The number of hydrogen-bond acceptors (Lipinski definition) is 4. The number of nitrogens with zero attached hydrogens (tertiary/aromatic N) is 1. The molecule has 142 valence electrons. The van der Waals surface area contributed by atoms with Crippen LogP contribution in [0.5, 0.6) is 5.75 Å². The first kappa shape index (κ1) is 19.2. The number of carbonyl (C=O) groups is 1. The van der Waals surface area contributed by atoms with Crippen LogP contribution in [-0.4, -0.2) is 43.9 Å². The van der Waals surface area contributed by atoms with Gasteiger partial charge in [-0.25, -0.2) is 8.42 Å². The monoisotopic (exact) mass is 385 g/mol. The topological polar surface area (TPSA) is 63.7 Å². The van der Waals surface area contributed by atoms with Gasteiger partial charge < -0.3 is 9.64 Å². The van der Waals surface area contributed by atoms with Crippen molar-refractivity contribution in [2.45, 2.75) is 19.0 Å². The van der Waals surface area contributed by atoms with Crippen LogP contribution in [0.4, 0.5) is 0 Å². The maximum atomic E-state index is 12.9. The molecule has 1 fully saturated rings. The Balaban J connectivity index is 1.80. The highest BCUT2D eigenvalue weighted by molar-refractivity contribution is 7.91. The van der Waals surface area contributed by atoms with E-state index in [1.165, 1.54) is 6.08 Å². The van der Waals surface area contributed by atoms with Gasteiger partial charge in [0.1, 0.15) is 5.75 Å². The first-order chi connectivity index (χ1) is 13.0. The van der Waals surface area contributed by atoms with E-state index in [1.54, 1.807) is 18.1 Å². The third-order valence-electron chi connectivity index (χ3n) is 4.66. The summed E-state index contributed by atoms with van der Waals surface area (Å²) in [4.78, 5) is 14.5. The molecule has 2 aromatic carbocycles. The molecule has 0 aliphatic carbocycles. The van der Waals surface area contributed by atoms with Crippen LogP contribution in [0.2, 0.25) is 0 Å². The minimum Gasteiger partial charge on any atom is -0.497 e. The van der Waals surface area contributed by atoms with Crippen molar-refractivity contribution in [3.63, 3.8) is 0 Å². The van der Waals surface area contributed by atoms with E-state index < -0.39 is 9.84 Å². The Morgan fingerprint density at radius 2 is 1.85 bits per heavy atom. The average molecular weight is 385 g/mol. The highest BCUT2D eigenvalue weighted by Crippen LogP contribution is 2.22. The van der Waals surface area contributed by atoms with Gasteiger partial charge in [0.15, 0.2) is 9.84 Å². The van der Waals surface area contributed by atoms with Gasteiger partial charge in [-0.1, -0.05) is 42.5 Å². The second-order valence-corrected chi connectivity index (χ2v) is 8.84. The standard InChI is InChI=1S/C21H23NO4S/c1-26-20-10-7-18(8-11-20)15-22(19-13-14-27(24,25)16-19)21(23)12-9-17-5-3-2-4-6-17/h2-12,19H,13-16H2,1H3. The zero-order chi connectivity index (χ0) is 19.3. The molecule has 0 saturated carbocycles. The van der Waals surface area contributed by atoms with Gasteiger partial charge in [0.25, 0.3) is 0 Å². The fourth-order valence-corrected chi connectivity index (χ4v) is 4.89. The van der Waals surface area contributed by atoms with Gasteiger partial charge in [-0.15, -0.1) is 0 Å². The lowest BCUT2D eigenvalue weighted by Crippen LogP contribution is -2.39. The summed E-state index contributed by atoms with van der Waals surface area (Å²) in [7, 11) is -1.48. The first-order valence-corrected chi connectivity index (χ1v) is 10.7. The van der Waals surface area contributed by atoms with Gasteiger partial charge in [0.2, 0.25) is 5.91 Å². The Labute approximate surface area is 160 Å². The number of rotatable bonds is 6. The van der Waals surface area contributed by atoms with Crippen LogP contribution in [0, 0.1) is 0 Å². The highest BCUT2D eigenvalue weighted by Gasteiger charge is 2.34. The number of carbonyl (C=O) groups excluding carboxylic acids is 1. The van der Waals surface area contributed by atoms with E-state index >= 15 is 0 Å². The van der Waals surface area contributed by atoms with E-state index in [4.69, 9.17) is 4.74 Å². The van der Waals surface area contributed by atoms with Crippen molar-refractivity contribution < 1.29 is 17.9 Å². The molecule has 1 saturated heterocycles. The summed E-state index contributed by atoms with van der Waals surface area (Å²) in [5.41, 5.74) is 1.86. The summed E-state index contributed by atoms with van der Waals surface area (Å²) in [5, 5.41) is 0. The predicted octanol–water partition coefficient (Wildman–Crippen LogP) is 2.92. The van der Waals surface area contributed by atoms with Gasteiger partial charge in [-0.2, -0.15) is 0 Å². The highest BCUT2D eigenvalue weighted by atomic mass is 32.2. The van der Waals surface area contributed by atoms with Gasteiger partial charge >= 0.3 is 0 Å². The van der Waals surface area contributed by atoms with E-state index in [0.717, 1.165) is 16.9 Å². The summed E-state index contributed by atoms with van der Waals surface area (Å²) >= 11 is 0. The second kappa shape index (κ2) is 8.39. The molecule has 0 radical (unpaired) electrons. The number of benzene rings is 2. The largest absolute Gasteiger partial charge is 0.497 e. The van der Waals surface area contributed by atoms with Crippen molar-refractivity contribution >= 4 is 21.8 Å². The molecule has 1 heterocycles. The lowest BCUT2D eigenvalue weighted by molar-refractivity contribution is -0.128. The molecule has 5 nitrogen and oxygen atoms in total. The fourth-order valence-electron chi connectivity index (χ4n) is 3.16. The SMILES string of the molecule is COc1ccc(CN(C(=O)C=Cc2ccccc2)C2CCS(=O)(=O)C2)cc1.